The summed E-state index contributed by atoms with van der Waals surface area (Å²) in [6.45, 7) is 0.646. The van der Waals surface area contributed by atoms with Crippen LogP contribution in [0.3, 0.4) is 0 Å². The van der Waals surface area contributed by atoms with Gasteiger partial charge in [-0.15, -0.1) is 0 Å². The Morgan fingerprint density at radius 3 is 2.42 bits per heavy atom. The Labute approximate surface area is 148 Å². The Balaban J connectivity index is 1.67. The molecule has 1 fully saturated rings. The lowest BCUT2D eigenvalue weighted by Gasteiger charge is -2.32. The highest BCUT2D eigenvalue weighted by atomic mass is 19.1. The molecule has 1 aliphatic heterocycles. The molecule has 4 nitrogen and oxygen atoms in total. The maximum Gasteiger partial charge on any atom is 0.253 e. The lowest BCUT2D eigenvalue weighted by Crippen LogP contribution is -2.43. The van der Waals surface area contributed by atoms with E-state index in [9.17, 15) is 22.8 Å². The van der Waals surface area contributed by atoms with Crippen molar-refractivity contribution in [3.05, 3.63) is 65.5 Å². The average Bonchev–Trinajstić information content (AvgIpc) is 2.65. The van der Waals surface area contributed by atoms with Crippen molar-refractivity contribution in [3.8, 4) is 0 Å². The van der Waals surface area contributed by atoms with Gasteiger partial charge >= 0.3 is 0 Å². The van der Waals surface area contributed by atoms with E-state index < -0.39 is 29.3 Å². The van der Waals surface area contributed by atoms with Crippen LogP contribution in [0.1, 0.15) is 23.2 Å². The summed E-state index contributed by atoms with van der Waals surface area (Å²) in [5.41, 5.74) is 0.112. The summed E-state index contributed by atoms with van der Waals surface area (Å²) in [7, 11) is 0. The Hall–Kier alpha value is -2.83. The summed E-state index contributed by atoms with van der Waals surface area (Å²) in [5, 5.41) is 2.39. The van der Waals surface area contributed by atoms with Crippen LogP contribution in [0, 0.1) is 23.4 Å². The van der Waals surface area contributed by atoms with Crippen molar-refractivity contribution in [1.29, 1.82) is 0 Å². The number of piperidine rings is 1. The number of halogens is 3. The molecule has 0 spiro atoms. The van der Waals surface area contributed by atoms with E-state index in [2.05, 4.69) is 5.32 Å². The van der Waals surface area contributed by atoms with Gasteiger partial charge in [-0.1, -0.05) is 0 Å². The largest absolute Gasteiger partial charge is 0.338 e. The van der Waals surface area contributed by atoms with Crippen LogP contribution in [0.5, 0.6) is 0 Å². The highest BCUT2D eigenvalue weighted by Gasteiger charge is 2.29. The maximum atomic E-state index is 13.7. The van der Waals surface area contributed by atoms with E-state index in [4.69, 9.17) is 0 Å². The summed E-state index contributed by atoms with van der Waals surface area (Å²) < 4.78 is 39.9. The van der Waals surface area contributed by atoms with Crippen LogP contribution in [-0.4, -0.2) is 29.8 Å². The summed E-state index contributed by atoms with van der Waals surface area (Å²) in [4.78, 5) is 26.4. The van der Waals surface area contributed by atoms with Gasteiger partial charge in [-0.2, -0.15) is 0 Å². The summed E-state index contributed by atoms with van der Waals surface area (Å²) in [6, 6.07) is 8.01. The molecule has 1 saturated heterocycles. The molecule has 0 aromatic heterocycles. The molecular weight excluding hydrogens is 345 g/mol. The first-order chi connectivity index (χ1) is 12.4. The molecule has 1 atom stereocenters. The third-order valence-corrected chi connectivity index (χ3v) is 4.36. The zero-order valence-electron chi connectivity index (χ0n) is 13.8. The molecule has 0 aliphatic carbocycles. The second-order valence-corrected chi connectivity index (χ2v) is 6.21. The topological polar surface area (TPSA) is 49.4 Å². The van der Waals surface area contributed by atoms with Crippen molar-refractivity contribution >= 4 is 17.5 Å². The number of nitrogens with one attached hydrogen (secondary N) is 1. The molecule has 1 heterocycles. The van der Waals surface area contributed by atoms with Gasteiger partial charge in [0.05, 0.1) is 11.6 Å². The van der Waals surface area contributed by atoms with Gasteiger partial charge < -0.3 is 10.2 Å². The molecule has 2 aromatic carbocycles. The molecule has 2 amide bonds. The monoisotopic (exact) mass is 362 g/mol. The van der Waals surface area contributed by atoms with E-state index in [1.165, 1.54) is 29.2 Å². The highest BCUT2D eigenvalue weighted by Crippen LogP contribution is 2.22. The minimum atomic E-state index is -0.727. The fourth-order valence-electron chi connectivity index (χ4n) is 2.98. The molecule has 0 bridgehead atoms. The number of hydrogen-bond acceptors (Lipinski definition) is 2. The lowest BCUT2D eigenvalue weighted by atomic mass is 9.96. The first-order valence-corrected chi connectivity index (χ1v) is 8.25. The molecule has 1 aliphatic rings. The number of carbonyl (C=O) groups is 2. The fraction of sp³-hybridized carbons (Fsp3) is 0.263. The minimum absolute atomic E-state index is 0.166. The lowest BCUT2D eigenvalue weighted by molar-refractivity contribution is -0.121. The number of carbonyl (C=O) groups excluding carboxylic acids is 2. The first kappa shape index (κ1) is 18.0. The SMILES string of the molecule is O=C(Nc1cc(F)ccc1F)[C@@H]1CCCN(C(=O)c2ccc(F)cc2)C1. The summed E-state index contributed by atoms with van der Waals surface area (Å²) in [6.07, 6.45) is 1.15. The second kappa shape index (κ2) is 7.59. The predicted molar refractivity (Wildman–Crippen MR) is 90.0 cm³/mol. The molecule has 1 N–H and O–H groups in total. The number of rotatable bonds is 3. The van der Waals surface area contributed by atoms with Crippen molar-refractivity contribution in [2.24, 2.45) is 5.92 Å². The number of hydrogen-bond donors (Lipinski definition) is 1. The molecule has 7 heteroatoms. The number of likely N-dealkylation sites (tertiary alicyclic amines) is 1. The minimum Gasteiger partial charge on any atom is -0.338 e. The van der Waals surface area contributed by atoms with Gasteiger partial charge in [0.1, 0.15) is 17.5 Å². The van der Waals surface area contributed by atoms with E-state index in [-0.39, 0.29) is 18.1 Å². The van der Waals surface area contributed by atoms with Crippen molar-refractivity contribution in [3.63, 3.8) is 0 Å². The zero-order chi connectivity index (χ0) is 18.7. The predicted octanol–water partition coefficient (Wildman–Crippen LogP) is 3.59. The molecule has 0 radical (unpaired) electrons. The molecule has 3 rings (SSSR count). The van der Waals surface area contributed by atoms with E-state index >= 15 is 0 Å². The quantitative estimate of drug-likeness (QED) is 0.907. The normalized spacial score (nSPS) is 17.0. The molecular formula is C19H17F3N2O2. The third kappa shape index (κ3) is 4.04. The van der Waals surface area contributed by atoms with Crippen molar-refractivity contribution in [2.45, 2.75) is 12.8 Å². The van der Waals surface area contributed by atoms with Crippen LogP contribution in [0.2, 0.25) is 0 Å². The molecule has 136 valence electrons. The Morgan fingerprint density at radius 2 is 1.69 bits per heavy atom. The Bertz CT molecular complexity index is 824. The number of benzene rings is 2. The van der Waals surface area contributed by atoms with Crippen LogP contribution in [-0.2, 0) is 4.79 Å². The van der Waals surface area contributed by atoms with Gasteiger partial charge in [-0.3, -0.25) is 9.59 Å². The van der Waals surface area contributed by atoms with Crippen molar-refractivity contribution < 1.29 is 22.8 Å². The Morgan fingerprint density at radius 1 is 1.00 bits per heavy atom. The van der Waals surface area contributed by atoms with E-state index in [0.29, 0.717) is 24.9 Å². The third-order valence-electron chi connectivity index (χ3n) is 4.36. The number of nitrogens with zero attached hydrogens (tertiary/aromatic N) is 1. The van der Waals surface area contributed by atoms with Crippen molar-refractivity contribution in [2.75, 3.05) is 18.4 Å². The Kier molecular flexibility index (Phi) is 5.25. The average molecular weight is 362 g/mol. The van der Waals surface area contributed by atoms with Crippen LogP contribution in [0.4, 0.5) is 18.9 Å². The summed E-state index contributed by atoms with van der Waals surface area (Å²) >= 11 is 0. The van der Waals surface area contributed by atoms with E-state index in [1.807, 2.05) is 0 Å². The van der Waals surface area contributed by atoms with Crippen LogP contribution in [0.15, 0.2) is 42.5 Å². The number of amides is 2. The molecule has 0 unspecified atom stereocenters. The van der Waals surface area contributed by atoms with Gasteiger partial charge in [0, 0.05) is 24.7 Å². The van der Waals surface area contributed by atoms with E-state index in [1.54, 1.807) is 0 Å². The zero-order valence-corrected chi connectivity index (χ0v) is 13.8. The van der Waals surface area contributed by atoms with Crippen molar-refractivity contribution in [1.82, 2.24) is 4.90 Å². The summed E-state index contributed by atoms with van der Waals surface area (Å²) in [5.74, 6) is -3.11. The van der Waals surface area contributed by atoms with Crippen LogP contribution >= 0.6 is 0 Å². The fourth-order valence-corrected chi connectivity index (χ4v) is 2.98. The second-order valence-electron chi connectivity index (χ2n) is 6.21. The van der Waals surface area contributed by atoms with Gasteiger partial charge in [-0.05, 0) is 49.2 Å². The highest BCUT2D eigenvalue weighted by molar-refractivity contribution is 5.96. The molecule has 26 heavy (non-hydrogen) atoms. The number of anilines is 1. The molecule has 0 saturated carbocycles. The van der Waals surface area contributed by atoms with Gasteiger partial charge in [0.25, 0.3) is 5.91 Å². The smallest absolute Gasteiger partial charge is 0.253 e. The van der Waals surface area contributed by atoms with E-state index in [0.717, 1.165) is 18.2 Å². The standard InChI is InChI=1S/C19H17F3N2O2/c20-14-5-3-12(4-6-14)19(26)24-9-1-2-13(11-24)18(25)23-17-10-15(21)7-8-16(17)22/h3-8,10,13H,1-2,9,11H2,(H,23,25)/t13-/m1/s1. The first-order valence-electron chi connectivity index (χ1n) is 8.25. The van der Waals surface area contributed by atoms with Crippen LogP contribution < -0.4 is 5.32 Å². The van der Waals surface area contributed by atoms with Gasteiger partial charge in [-0.25, -0.2) is 13.2 Å². The molecule has 2 aromatic rings. The van der Waals surface area contributed by atoms with Gasteiger partial charge in [0.15, 0.2) is 0 Å². The van der Waals surface area contributed by atoms with Gasteiger partial charge in [0.2, 0.25) is 5.91 Å². The maximum absolute atomic E-state index is 13.7. The van der Waals surface area contributed by atoms with Crippen LogP contribution in [0.25, 0.3) is 0 Å².